The van der Waals surface area contributed by atoms with Gasteiger partial charge in [-0.3, -0.25) is 0 Å². The molecule has 1 aromatic carbocycles. The Morgan fingerprint density at radius 2 is 2.33 bits per heavy atom. The van der Waals surface area contributed by atoms with Crippen LogP contribution in [0.3, 0.4) is 0 Å². The average Bonchev–Trinajstić information content (AvgIpc) is 2.90. The Bertz CT molecular complexity index is 502. The molecule has 0 aliphatic heterocycles. The fraction of sp³-hybridized carbons (Fsp3) is 0.308. The highest BCUT2D eigenvalue weighted by atomic mass is 32.1. The van der Waals surface area contributed by atoms with E-state index < -0.39 is 0 Å². The number of aromatic nitrogens is 1. The first-order valence-electron chi connectivity index (χ1n) is 5.66. The van der Waals surface area contributed by atoms with Gasteiger partial charge in [-0.2, -0.15) is 0 Å². The lowest BCUT2D eigenvalue weighted by Crippen LogP contribution is -2.18. The van der Waals surface area contributed by atoms with Crippen LogP contribution < -0.4 is 10.1 Å². The number of benzene rings is 1. The zero-order chi connectivity index (χ0) is 13.0. The van der Waals surface area contributed by atoms with E-state index >= 15 is 0 Å². The number of rotatable bonds is 5. The molecule has 1 N–H and O–H groups in total. The third kappa shape index (κ3) is 3.05. The Labute approximate surface area is 110 Å². The normalized spacial score (nSPS) is 12.4. The summed E-state index contributed by atoms with van der Waals surface area (Å²) in [5.41, 5.74) is 0.624. The van der Waals surface area contributed by atoms with E-state index in [9.17, 15) is 4.39 Å². The van der Waals surface area contributed by atoms with Crippen molar-refractivity contribution in [3.05, 3.63) is 46.2 Å². The summed E-state index contributed by atoms with van der Waals surface area (Å²) in [7, 11) is 1.53. The summed E-state index contributed by atoms with van der Waals surface area (Å²) >= 11 is 1.59. The first-order chi connectivity index (χ1) is 8.70. The quantitative estimate of drug-likeness (QED) is 0.902. The topological polar surface area (TPSA) is 34.1 Å². The van der Waals surface area contributed by atoms with E-state index in [4.69, 9.17) is 4.74 Å². The molecule has 1 atom stereocenters. The van der Waals surface area contributed by atoms with Crippen molar-refractivity contribution in [3.8, 4) is 5.75 Å². The van der Waals surface area contributed by atoms with Gasteiger partial charge in [0.05, 0.1) is 13.2 Å². The largest absolute Gasteiger partial charge is 0.497 e. The molecule has 18 heavy (non-hydrogen) atoms. The van der Waals surface area contributed by atoms with Crippen LogP contribution in [0.4, 0.5) is 4.39 Å². The van der Waals surface area contributed by atoms with E-state index in [1.807, 2.05) is 12.3 Å². The molecule has 96 valence electrons. The smallest absolute Gasteiger partial charge is 0.131 e. The predicted octanol–water partition coefficient (Wildman–Crippen LogP) is 3.14. The number of nitrogens with zero attached hydrogens (tertiary/aromatic N) is 1. The van der Waals surface area contributed by atoms with Crippen molar-refractivity contribution in [2.24, 2.45) is 0 Å². The van der Waals surface area contributed by atoms with E-state index in [0.717, 1.165) is 5.01 Å². The molecule has 0 amide bonds. The molecule has 0 saturated carbocycles. The summed E-state index contributed by atoms with van der Waals surface area (Å²) in [4.78, 5) is 4.22. The summed E-state index contributed by atoms with van der Waals surface area (Å²) in [6, 6.07) is 5.00. The zero-order valence-electron chi connectivity index (χ0n) is 10.3. The molecule has 0 aliphatic carbocycles. The maximum Gasteiger partial charge on any atom is 0.131 e. The lowest BCUT2D eigenvalue weighted by atomic mass is 10.2. The second-order valence-corrected chi connectivity index (χ2v) is 4.86. The van der Waals surface area contributed by atoms with Crippen LogP contribution in [0.2, 0.25) is 0 Å². The molecular weight excluding hydrogens is 251 g/mol. The third-order valence-electron chi connectivity index (χ3n) is 2.68. The molecule has 5 heteroatoms. The van der Waals surface area contributed by atoms with E-state index in [-0.39, 0.29) is 11.9 Å². The van der Waals surface area contributed by atoms with Crippen molar-refractivity contribution >= 4 is 11.3 Å². The van der Waals surface area contributed by atoms with E-state index in [2.05, 4.69) is 10.3 Å². The van der Waals surface area contributed by atoms with Crippen molar-refractivity contribution in [1.29, 1.82) is 0 Å². The first-order valence-corrected chi connectivity index (χ1v) is 6.54. The molecule has 0 spiro atoms. The molecule has 0 fully saturated rings. The average molecular weight is 266 g/mol. The van der Waals surface area contributed by atoms with Crippen molar-refractivity contribution in [1.82, 2.24) is 10.3 Å². The van der Waals surface area contributed by atoms with Gasteiger partial charge in [0.25, 0.3) is 0 Å². The van der Waals surface area contributed by atoms with E-state index in [0.29, 0.717) is 17.9 Å². The van der Waals surface area contributed by atoms with E-state index in [1.165, 1.54) is 13.2 Å². The summed E-state index contributed by atoms with van der Waals surface area (Å²) < 4.78 is 18.7. The first kappa shape index (κ1) is 13.0. The summed E-state index contributed by atoms with van der Waals surface area (Å²) in [5, 5.41) is 6.18. The number of hydrogen-bond donors (Lipinski definition) is 1. The SMILES string of the molecule is COc1ccc(CNC(C)c2nccs2)c(F)c1. The highest BCUT2D eigenvalue weighted by Crippen LogP contribution is 2.18. The standard InChI is InChI=1S/C13H15FN2OS/c1-9(13-15-5-6-18-13)16-8-10-3-4-11(17-2)7-12(10)14/h3-7,9,16H,8H2,1-2H3. The number of nitrogens with one attached hydrogen (secondary N) is 1. The Morgan fingerprint density at radius 1 is 1.50 bits per heavy atom. The molecule has 1 heterocycles. The number of ether oxygens (including phenoxy) is 1. The van der Waals surface area contributed by atoms with Crippen LogP contribution in [0.1, 0.15) is 23.5 Å². The number of halogens is 1. The molecule has 0 aliphatic rings. The minimum atomic E-state index is -0.256. The third-order valence-corrected chi connectivity index (χ3v) is 3.64. The number of methoxy groups -OCH3 is 1. The van der Waals surface area contributed by atoms with Crippen molar-refractivity contribution in [3.63, 3.8) is 0 Å². The highest BCUT2D eigenvalue weighted by molar-refractivity contribution is 7.09. The van der Waals surface area contributed by atoms with Gasteiger partial charge in [-0.15, -0.1) is 11.3 Å². The van der Waals surface area contributed by atoms with Gasteiger partial charge in [0.15, 0.2) is 0 Å². The van der Waals surface area contributed by atoms with Gasteiger partial charge in [-0.25, -0.2) is 9.37 Å². The highest BCUT2D eigenvalue weighted by Gasteiger charge is 2.09. The van der Waals surface area contributed by atoms with Crippen LogP contribution in [0, 0.1) is 5.82 Å². The molecule has 0 bridgehead atoms. The van der Waals surface area contributed by atoms with Crippen LogP contribution in [0.5, 0.6) is 5.75 Å². The molecule has 3 nitrogen and oxygen atoms in total. The predicted molar refractivity (Wildman–Crippen MR) is 70.3 cm³/mol. The van der Waals surface area contributed by atoms with Crippen LogP contribution in [-0.2, 0) is 6.54 Å². The Hall–Kier alpha value is -1.46. The maximum atomic E-state index is 13.7. The molecule has 0 radical (unpaired) electrons. The van der Waals surface area contributed by atoms with Crippen LogP contribution >= 0.6 is 11.3 Å². The van der Waals surface area contributed by atoms with Gasteiger partial charge in [-0.05, 0) is 13.0 Å². The van der Waals surface area contributed by atoms with Crippen molar-refractivity contribution < 1.29 is 9.13 Å². The molecule has 2 aromatic rings. The van der Waals surface area contributed by atoms with Crippen LogP contribution in [0.25, 0.3) is 0 Å². The minimum absolute atomic E-state index is 0.117. The Morgan fingerprint density at radius 3 is 2.94 bits per heavy atom. The number of hydrogen-bond acceptors (Lipinski definition) is 4. The van der Waals surface area contributed by atoms with Crippen LogP contribution in [0.15, 0.2) is 29.8 Å². The molecule has 0 saturated heterocycles. The number of thiazole rings is 1. The maximum absolute atomic E-state index is 13.7. The van der Waals surface area contributed by atoms with Crippen LogP contribution in [-0.4, -0.2) is 12.1 Å². The van der Waals surface area contributed by atoms with Gasteiger partial charge in [0.1, 0.15) is 16.6 Å². The lowest BCUT2D eigenvalue weighted by molar-refractivity contribution is 0.410. The molecule has 2 rings (SSSR count). The molecular formula is C13H15FN2OS. The van der Waals surface area contributed by atoms with Gasteiger partial charge < -0.3 is 10.1 Å². The molecule has 1 aromatic heterocycles. The Kier molecular flexibility index (Phi) is 4.28. The molecule has 1 unspecified atom stereocenters. The van der Waals surface area contributed by atoms with E-state index in [1.54, 1.807) is 29.7 Å². The summed E-state index contributed by atoms with van der Waals surface area (Å²) in [5.74, 6) is 0.275. The fourth-order valence-corrected chi connectivity index (χ4v) is 2.27. The van der Waals surface area contributed by atoms with Crippen molar-refractivity contribution in [2.45, 2.75) is 19.5 Å². The summed E-state index contributed by atoms with van der Waals surface area (Å²) in [6.07, 6.45) is 1.77. The van der Waals surface area contributed by atoms with Gasteiger partial charge >= 0.3 is 0 Å². The fourth-order valence-electron chi connectivity index (χ4n) is 1.60. The Balaban J connectivity index is 1.98. The second-order valence-electron chi connectivity index (χ2n) is 3.93. The second kappa shape index (κ2) is 5.93. The lowest BCUT2D eigenvalue weighted by Gasteiger charge is -2.12. The van der Waals surface area contributed by atoms with Gasteiger partial charge in [0, 0.05) is 29.8 Å². The van der Waals surface area contributed by atoms with Gasteiger partial charge in [0.2, 0.25) is 0 Å². The van der Waals surface area contributed by atoms with Crippen molar-refractivity contribution in [2.75, 3.05) is 7.11 Å². The summed E-state index contributed by atoms with van der Waals surface area (Å²) in [6.45, 7) is 2.48. The monoisotopic (exact) mass is 266 g/mol. The van der Waals surface area contributed by atoms with Gasteiger partial charge in [-0.1, -0.05) is 6.07 Å². The minimum Gasteiger partial charge on any atom is -0.497 e. The zero-order valence-corrected chi connectivity index (χ0v) is 11.1.